The molecule has 44 heavy (non-hydrogen) atoms. The van der Waals surface area contributed by atoms with Crippen molar-refractivity contribution in [1.82, 2.24) is 0 Å². The van der Waals surface area contributed by atoms with Crippen molar-refractivity contribution in [2.75, 3.05) is 6.61 Å². The fraction of sp³-hybridized carbons (Fsp3) is 1.00. The molecule has 2 saturated heterocycles. The van der Waals surface area contributed by atoms with Gasteiger partial charge in [-0.15, -0.1) is 0 Å². The monoisotopic (exact) mass is 622 g/mol. The lowest BCUT2D eigenvalue weighted by atomic mass is 9.41. The van der Waals surface area contributed by atoms with Gasteiger partial charge in [-0.05, 0) is 117 Å². The summed E-state index contributed by atoms with van der Waals surface area (Å²) in [6, 6.07) is 0. The Bertz CT molecular complexity index is 1160. The van der Waals surface area contributed by atoms with Crippen LogP contribution in [0, 0.1) is 44.8 Å². The molecule has 0 aromatic rings. The van der Waals surface area contributed by atoms with Crippen LogP contribution in [-0.4, -0.2) is 97.5 Å². The van der Waals surface area contributed by atoms with Crippen molar-refractivity contribution < 1.29 is 44.8 Å². The van der Waals surface area contributed by atoms with Gasteiger partial charge in [0.2, 0.25) is 0 Å². The van der Waals surface area contributed by atoms with Crippen molar-refractivity contribution in [3.63, 3.8) is 0 Å². The van der Waals surface area contributed by atoms with Crippen molar-refractivity contribution in [2.45, 2.75) is 166 Å². The predicted octanol–water partition coefficient (Wildman–Crippen LogP) is 2.90. The van der Waals surface area contributed by atoms with E-state index in [0.717, 1.165) is 44.9 Å². The van der Waals surface area contributed by atoms with Crippen LogP contribution in [0.25, 0.3) is 0 Å². The summed E-state index contributed by atoms with van der Waals surface area (Å²) in [7, 11) is 0. The molecule has 1 unspecified atom stereocenters. The van der Waals surface area contributed by atoms with E-state index in [2.05, 4.69) is 34.6 Å². The van der Waals surface area contributed by atoms with Gasteiger partial charge in [0.1, 0.15) is 18.3 Å². The van der Waals surface area contributed by atoms with Crippen LogP contribution in [0.1, 0.15) is 106 Å². The lowest BCUT2D eigenvalue weighted by Crippen LogP contribution is -2.63. The molecule has 9 heteroatoms. The van der Waals surface area contributed by atoms with Crippen LogP contribution >= 0.6 is 0 Å². The van der Waals surface area contributed by atoms with Crippen molar-refractivity contribution >= 4 is 0 Å². The van der Waals surface area contributed by atoms with E-state index in [0.29, 0.717) is 18.8 Å². The third kappa shape index (κ3) is 3.97. The van der Waals surface area contributed by atoms with Gasteiger partial charge in [0, 0.05) is 5.92 Å². The van der Waals surface area contributed by atoms with Gasteiger partial charge in [0.05, 0.1) is 42.2 Å². The molecule has 9 nitrogen and oxygen atoms in total. The summed E-state index contributed by atoms with van der Waals surface area (Å²) in [5.74, 6) is 0.285. The van der Waals surface area contributed by atoms with Gasteiger partial charge < -0.3 is 44.8 Å². The molecule has 0 amide bonds. The SMILES string of the molecule is CC(C)(O)[C@@H]1CC[C@](C)([C@H]2[C@@H](O)C[C@@]3(C)[C@@H]4C[C@H](O)C5C(C)(C)[C@@H](O[C@@H]6OC[C@@H](O)[C@H](O)[C@H]6O)CC[C@@]56C[C@@]46CC[C@]23C)O1. The topological polar surface area (TPSA) is 149 Å². The molecule has 0 bridgehead atoms. The Kier molecular flexibility index (Phi) is 7.04. The molecule has 5 saturated carbocycles. The number of aliphatic hydroxyl groups excluding tert-OH is 5. The van der Waals surface area contributed by atoms with E-state index in [9.17, 15) is 30.6 Å². The fourth-order valence-corrected chi connectivity index (χ4v) is 13.4. The minimum absolute atomic E-state index is 0.00753. The Morgan fingerprint density at radius 2 is 1.45 bits per heavy atom. The Morgan fingerprint density at radius 1 is 0.750 bits per heavy atom. The lowest BCUT2D eigenvalue weighted by molar-refractivity contribution is -0.306. The Hall–Kier alpha value is -0.360. The van der Waals surface area contributed by atoms with Gasteiger partial charge in [-0.3, -0.25) is 0 Å². The van der Waals surface area contributed by atoms with Crippen LogP contribution in [-0.2, 0) is 14.2 Å². The van der Waals surface area contributed by atoms with E-state index < -0.39 is 53.4 Å². The van der Waals surface area contributed by atoms with Crippen molar-refractivity contribution in [3.8, 4) is 0 Å². The molecule has 2 heterocycles. The predicted molar refractivity (Wildman–Crippen MR) is 161 cm³/mol. The molecule has 5 aliphatic carbocycles. The van der Waals surface area contributed by atoms with E-state index in [1.165, 1.54) is 0 Å². The van der Waals surface area contributed by atoms with Gasteiger partial charge in [-0.25, -0.2) is 0 Å². The maximum atomic E-state index is 12.1. The molecule has 0 aromatic carbocycles. The normalized spacial score (nSPS) is 59.8. The molecular weight excluding hydrogens is 564 g/mol. The van der Waals surface area contributed by atoms with E-state index in [1.807, 2.05) is 13.8 Å². The first kappa shape index (κ1) is 32.2. The third-order valence-electron chi connectivity index (χ3n) is 15.5. The van der Waals surface area contributed by atoms with E-state index >= 15 is 0 Å². The second-order valence-electron chi connectivity index (χ2n) is 18.3. The van der Waals surface area contributed by atoms with Crippen LogP contribution < -0.4 is 0 Å². The molecule has 2 spiro atoms. The third-order valence-corrected chi connectivity index (χ3v) is 15.5. The smallest absolute Gasteiger partial charge is 0.186 e. The van der Waals surface area contributed by atoms with Gasteiger partial charge in [-0.2, -0.15) is 0 Å². The number of rotatable bonds is 4. The summed E-state index contributed by atoms with van der Waals surface area (Å²) in [6.45, 7) is 14.8. The van der Waals surface area contributed by atoms with E-state index in [4.69, 9.17) is 14.2 Å². The van der Waals surface area contributed by atoms with Gasteiger partial charge in [-0.1, -0.05) is 27.7 Å². The molecule has 7 rings (SSSR count). The quantitative estimate of drug-likeness (QED) is 0.260. The lowest BCUT2D eigenvalue weighted by Gasteiger charge is -2.64. The molecule has 0 radical (unpaired) electrons. The van der Waals surface area contributed by atoms with Crippen LogP contribution in [0.15, 0.2) is 0 Å². The Morgan fingerprint density at radius 3 is 2.11 bits per heavy atom. The fourth-order valence-electron chi connectivity index (χ4n) is 13.4. The number of ether oxygens (including phenoxy) is 3. The zero-order valence-corrected chi connectivity index (χ0v) is 27.8. The largest absolute Gasteiger partial charge is 0.393 e. The first-order valence-corrected chi connectivity index (χ1v) is 17.4. The Labute approximate surface area is 262 Å². The standard InChI is InChI=1S/C35H58O9/c1-29(2)22(43-28-25(40)24(39)20(38)16-42-28)9-11-35-17-34(35)13-12-31(5)27(33(7)10-8-23(44-33)30(3,4)41)19(37)15-32(31,6)21(34)14-18(36)26(29)35/h18-28,36-41H,8-17H2,1-7H3/t18-,19-,20+,21-,22-,23-,24-,25+,26?,27-,28-,31+,32-,33+,34-,35+/m0/s1. The first-order chi connectivity index (χ1) is 20.3. The molecule has 7 fully saturated rings. The molecule has 2 aliphatic heterocycles. The van der Waals surface area contributed by atoms with Crippen LogP contribution in [0.2, 0.25) is 0 Å². The second kappa shape index (κ2) is 9.63. The van der Waals surface area contributed by atoms with Gasteiger partial charge >= 0.3 is 0 Å². The van der Waals surface area contributed by atoms with Gasteiger partial charge in [0.15, 0.2) is 6.29 Å². The minimum Gasteiger partial charge on any atom is -0.393 e. The summed E-state index contributed by atoms with van der Waals surface area (Å²) in [5.41, 5.74) is -2.01. The highest BCUT2D eigenvalue weighted by molar-refractivity contribution is 5.33. The summed E-state index contributed by atoms with van der Waals surface area (Å²) >= 11 is 0. The van der Waals surface area contributed by atoms with Crippen molar-refractivity contribution in [2.24, 2.45) is 44.8 Å². The van der Waals surface area contributed by atoms with Crippen LogP contribution in [0.3, 0.4) is 0 Å². The molecular formula is C35H58O9. The summed E-state index contributed by atoms with van der Waals surface area (Å²) in [6.07, 6.45) is 1.57. The molecule has 252 valence electrons. The summed E-state index contributed by atoms with van der Waals surface area (Å²) in [4.78, 5) is 0. The molecule has 7 aliphatic rings. The number of hydrogen-bond acceptors (Lipinski definition) is 9. The zero-order valence-electron chi connectivity index (χ0n) is 27.8. The first-order valence-electron chi connectivity index (χ1n) is 17.4. The molecule has 16 atom stereocenters. The van der Waals surface area contributed by atoms with E-state index in [1.54, 1.807) is 0 Å². The van der Waals surface area contributed by atoms with Crippen molar-refractivity contribution in [3.05, 3.63) is 0 Å². The average molecular weight is 623 g/mol. The molecule has 6 N–H and O–H groups in total. The molecule has 0 aromatic heterocycles. The van der Waals surface area contributed by atoms with Gasteiger partial charge in [0.25, 0.3) is 0 Å². The second-order valence-corrected chi connectivity index (χ2v) is 18.3. The maximum Gasteiger partial charge on any atom is 0.186 e. The highest BCUT2D eigenvalue weighted by Gasteiger charge is 2.85. The number of fused-ring (bicyclic) bond motifs is 2. The zero-order chi connectivity index (χ0) is 32.0. The number of aliphatic hydroxyl groups is 6. The van der Waals surface area contributed by atoms with Crippen LogP contribution in [0.4, 0.5) is 0 Å². The highest BCUT2D eigenvalue weighted by Crippen LogP contribution is 2.89. The summed E-state index contributed by atoms with van der Waals surface area (Å²) in [5, 5.41) is 65.5. The maximum absolute atomic E-state index is 12.1. The summed E-state index contributed by atoms with van der Waals surface area (Å²) < 4.78 is 18.7. The van der Waals surface area contributed by atoms with E-state index in [-0.39, 0.29) is 52.3 Å². The van der Waals surface area contributed by atoms with Crippen molar-refractivity contribution in [1.29, 1.82) is 0 Å². The Balaban J connectivity index is 1.15. The van der Waals surface area contributed by atoms with Crippen LogP contribution in [0.5, 0.6) is 0 Å². The number of hydrogen-bond donors (Lipinski definition) is 6. The average Bonchev–Trinajstić information content (AvgIpc) is 3.27. The highest BCUT2D eigenvalue weighted by atomic mass is 16.7. The minimum atomic E-state index is -1.33.